The molecule has 1 saturated heterocycles. The third kappa shape index (κ3) is 1.63. The number of rotatable bonds is 1. The Bertz CT molecular complexity index is 478. The van der Waals surface area contributed by atoms with Crippen LogP contribution in [-0.4, -0.2) is 30.0 Å². The van der Waals surface area contributed by atoms with Crippen LogP contribution in [0, 0.1) is 0 Å². The van der Waals surface area contributed by atoms with E-state index in [0.29, 0.717) is 0 Å². The number of likely N-dealkylation sites (tertiary alicyclic amines) is 1. The highest BCUT2D eigenvalue weighted by Crippen LogP contribution is 2.32. The molecule has 0 amide bonds. The number of nitrogens with zero attached hydrogens (tertiary/aromatic N) is 1. The van der Waals surface area contributed by atoms with Gasteiger partial charge in [-0.25, -0.2) is 0 Å². The van der Waals surface area contributed by atoms with Crippen molar-refractivity contribution in [2.45, 2.75) is 18.8 Å². The quantitative estimate of drug-likeness (QED) is 0.773. The number of aromatic amines is 1. The molecule has 84 valence electrons. The Kier molecular flexibility index (Phi) is 2.44. The average molecular weight is 214 g/mol. The van der Waals surface area contributed by atoms with Gasteiger partial charge in [0.15, 0.2) is 0 Å². The van der Waals surface area contributed by atoms with Crippen molar-refractivity contribution >= 4 is 10.9 Å². The first-order chi connectivity index (χ1) is 7.84. The fourth-order valence-corrected chi connectivity index (χ4v) is 2.79. The summed E-state index contributed by atoms with van der Waals surface area (Å²) in [6.07, 6.45) is 4.63. The number of nitrogens with one attached hydrogen (secondary N) is 1. The summed E-state index contributed by atoms with van der Waals surface area (Å²) in [6.45, 7) is 2.46. The number of fused-ring (bicyclic) bond motifs is 1. The van der Waals surface area contributed by atoms with Crippen molar-refractivity contribution < 1.29 is 0 Å². The molecule has 1 N–H and O–H groups in total. The zero-order valence-electron chi connectivity index (χ0n) is 9.74. The molecule has 2 nitrogen and oxygen atoms in total. The SMILES string of the molecule is CN1CCC(c2cccc3[nH]ccc23)CC1. The van der Waals surface area contributed by atoms with Crippen LogP contribution in [0.25, 0.3) is 10.9 Å². The van der Waals surface area contributed by atoms with Gasteiger partial charge in [-0.15, -0.1) is 0 Å². The number of aromatic nitrogens is 1. The number of hydrogen-bond donors (Lipinski definition) is 1. The highest BCUT2D eigenvalue weighted by atomic mass is 15.1. The second-order valence-corrected chi connectivity index (χ2v) is 4.86. The molecule has 2 aromatic rings. The molecule has 0 spiro atoms. The van der Waals surface area contributed by atoms with E-state index in [-0.39, 0.29) is 0 Å². The van der Waals surface area contributed by atoms with Gasteiger partial charge in [-0.1, -0.05) is 12.1 Å². The highest BCUT2D eigenvalue weighted by molar-refractivity contribution is 5.83. The first kappa shape index (κ1) is 9.91. The van der Waals surface area contributed by atoms with E-state index in [4.69, 9.17) is 0 Å². The van der Waals surface area contributed by atoms with E-state index in [1.54, 1.807) is 0 Å². The largest absolute Gasteiger partial charge is 0.361 e. The lowest BCUT2D eigenvalue weighted by atomic mass is 9.88. The van der Waals surface area contributed by atoms with Crippen LogP contribution in [0.1, 0.15) is 24.3 Å². The summed E-state index contributed by atoms with van der Waals surface area (Å²) >= 11 is 0. The second-order valence-electron chi connectivity index (χ2n) is 4.86. The Morgan fingerprint density at radius 1 is 1.19 bits per heavy atom. The van der Waals surface area contributed by atoms with Crippen molar-refractivity contribution in [3.8, 4) is 0 Å². The molecule has 1 fully saturated rings. The van der Waals surface area contributed by atoms with E-state index in [0.717, 1.165) is 5.92 Å². The Hall–Kier alpha value is -1.28. The zero-order valence-corrected chi connectivity index (χ0v) is 9.74. The monoisotopic (exact) mass is 214 g/mol. The molecule has 0 unspecified atom stereocenters. The van der Waals surface area contributed by atoms with E-state index >= 15 is 0 Å². The van der Waals surface area contributed by atoms with Crippen molar-refractivity contribution in [3.05, 3.63) is 36.0 Å². The van der Waals surface area contributed by atoms with Crippen LogP contribution in [0.2, 0.25) is 0 Å². The van der Waals surface area contributed by atoms with Gasteiger partial charge < -0.3 is 9.88 Å². The van der Waals surface area contributed by atoms with Gasteiger partial charge >= 0.3 is 0 Å². The minimum absolute atomic E-state index is 0.746. The predicted octanol–water partition coefficient (Wildman–Crippen LogP) is 2.98. The van der Waals surface area contributed by atoms with Gasteiger partial charge in [0.25, 0.3) is 0 Å². The molecular formula is C14H18N2. The first-order valence-electron chi connectivity index (χ1n) is 6.09. The average Bonchev–Trinajstić information content (AvgIpc) is 2.78. The summed E-state index contributed by atoms with van der Waals surface area (Å²) in [5.74, 6) is 0.746. The number of H-pyrrole nitrogens is 1. The molecule has 0 saturated carbocycles. The van der Waals surface area contributed by atoms with E-state index in [2.05, 4.69) is 41.2 Å². The molecule has 1 aliphatic heterocycles. The minimum atomic E-state index is 0.746. The standard InChI is InChI=1S/C14H18N2/c1-16-9-6-11(7-10-16)12-3-2-4-14-13(12)5-8-15-14/h2-5,8,11,15H,6-7,9-10H2,1H3. The van der Waals surface area contributed by atoms with E-state index in [1.807, 2.05) is 6.20 Å². The molecule has 0 radical (unpaired) electrons. The van der Waals surface area contributed by atoms with Crippen molar-refractivity contribution in [3.63, 3.8) is 0 Å². The van der Waals surface area contributed by atoms with Gasteiger partial charge in [-0.3, -0.25) is 0 Å². The molecule has 2 heterocycles. The van der Waals surface area contributed by atoms with Crippen LogP contribution in [0.4, 0.5) is 0 Å². The fraction of sp³-hybridized carbons (Fsp3) is 0.429. The summed E-state index contributed by atoms with van der Waals surface area (Å²) in [7, 11) is 2.22. The minimum Gasteiger partial charge on any atom is -0.361 e. The molecule has 16 heavy (non-hydrogen) atoms. The Balaban J connectivity index is 1.96. The Morgan fingerprint density at radius 2 is 2.00 bits per heavy atom. The van der Waals surface area contributed by atoms with E-state index < -0.39 is 0 Å². The molecular weight excluding hydrogens is 196 g/mol. The van der Waals surface area contributed by atoms with Crippen molar-refractivity contribution in [1.29, 1.82) is 0 Å². The second kappa shape index (κ2) is 3.95. The molecule has 3 rings (SSSR count). The third-order valence-corrected chi connectivity index (χ3v) is 3.79. The van der Waals surface area contributed by atoms with Crippen LogP contribution in [0.3, 0.4) is 0 Å². The Labute approximate surface area is 96.3 Å². The third-order valence-electron chi connectivity index (χ3n) is 3.79. The maximum atomic E-state index is 3.30. The smallest absolute Gasteiger partial charge is 0.0456 e. The summed E-state index contributed by atoms with van der Waals surface area (Å²) in [6, 6.07) is 8.84. The molecule has 2 heteroatoms. The predicted molar refractivity (Wildman–Crippen MR) is 67.8 cm³/mol. The molecule has 1 aromatic heterocycles. The lowest BCUT2D eigenvalue weighted by molar-refractivity contribution is 0.256. The lowest BCUT2D eigenvalue weighted by Crippen LogP contribution is -2.29. The summed E-state index contributed by atoms with van der Waals surface area (Å²) in [5.41, 5.74) is 2.81. The maximum absolute atomic E-state index is 3.30. The van der Waals surface area contributed by atoms with Crippen LogP contribution < -0.4 is 0 Å². The number of benzene rings is 1. The van der Waals surface area contributed by atoms with Gasteiger partial charge in [-0.2, -0.15) is 0 Å². The van der Waals surface area contributed by atoms with Crippen molar-refractivity contribution in [2.24, 2.45) is 0 Å². The summed E-state index contributed by atoms with van der Waals surface area (Å²) in [5, 5.41) is 1.41. The first-order valence-corrected chi connectivity index (χ1v) is 6.09. The van der Waals surface area contributed by atoms with E-state index in [9.17, 15) is 0 Å². The molecule has 0 aliphatic carbocycles. The highest BCUT2D eigenvalue weighted by Gasteiger charge is 2.19. The van der Waals surface area contributed by atoms with Gasteiger partial charge in [-0.05, 0) is 56.6 Å². The molecule has 1 aromatic carbocycles. The van der Waals surface area contributed by atoms with Crippen LogP contribution in [0.5, 0.6) is 0 Å². The molecule has 0 atom stereocenters. The molecule has 0 bridgehead atoms. The summed E-state index contributed by atoms with van der Waals surface area (Å²) in [4.78, 5) is 5.72. The summed E-state index contributed by atoms with van der Waals surface area (Å²) < 4.78 is 0. The fourth-order valence-electron chi connectivity index (χ4n) is 2.79. The number of piperidine rings is 1. The topological polar surface area (TPSA) is 19.0 Å². The Morgan fingerprint density at radius 3 is 2.81 bits per heavy atom. The van der Waals surface area contributed by atoms with Crippen molar-refractivity contribution in [2.75, 3.05) is 20.1 Å². The van der Waals surface area contributed by atoms with Crippen LogP contribution >= 0.6 is 0 Å². The number of hydrogen-bond acceptors (Lipinski definition) is 1. The van der Waals surface area contributed by atoms with Gasteiger partial charge in [0.2, 0.25) is 0 Å². The van der Waals surface area contributed by atoms with Gasteiger partial charge in [0.05, 0.1) is 0 Å². The van der Waals surface area contributed by atoms with Crippen LogP contribution in [-0.2, 0) is 0 Å². The zero-order chi connectivity index (χ0) is 11.0. The maximum Gasteiger partial charge on any atom is 0.0456 e. The van der Waals surface area contributed by atoms with Crippen molar-refractivity contribution in [1.82, 2.24) is 9.88 Å². The lowest BCUT2D eigenvalue weighted by Gasteiger charge is -2.29. The molecule has 1 aliphatic rings. The van der Waals surface area contributed by atoms with E-state index in [1.165, 1.54) is 42.4 Å². The van der Waals surface area contributed by atoms with Gasteiger partial charge in [0.1, 0.15) is 0 Å². The van der Waals surface area contributed by atoms with Gasteiger partial charge in [0, 0.05) is 17.1 Å². The van der Waals surface area contributed by atoms with Crippen LogP contribution in [0.15, 0.2) is 30.5 Å². The normalized spacial score (nSPS) is 19.3.